The SMILES string of the molecule is Nc1nc(-c2c[nH]c3ncc(F)cc23)c2cccn2c1F. The predicted octanol–water partition coefficient (Wildman–Crippen LogP) is 2.74. The lowest BCUT2D eigenvalue weighted by molar-refractivity contribution is 0.568. The largest absolute Gasteiger partial charge is 0.380 e. The third-order valence-corrected chi connectivity index (χ3v) is 3.40. The van der Waals surface area contributed by atoms with E-state index in [0.717, 1.165) is 6.20 Å². The van der Waals surface area contributed by atoms with Gasteiger partial charge in [0.2, 0.25) is 5.95 Å². The van der Waals surface area contributed by atoms with E-state index in [-0.39, 0.29) is 5.82 Å². The highest BCUT2D eigenvalue weighted by Crippen LogP contribution is 2.31. The summed E-state index contributed by atoms with van der Waals surface area (Å²) in [5, 5.41) is 0.566. The van der Waals surface area contributed by atoms with Gasteiger partial charge in [-0.15, -0.1) is 0 Å². The normalized spacial score (nSPS) is 11.5. The van der Waals surface area contributed by atoms with Gasteiger partial charge in [-0.05, 0) is 18.2 Å². The Morgan fingerprint density at radius 3 is 3.00 bits per heavy atom. The number of nitrogens with zero attached hydrogens (tertiary/aromatic N) is 3. The van der Waals surface area contributed by atoms with Crippen molar-refractivity contribution in [3.8, 4) is 11.3 Å². The molecule has 104 valence electrons. The third-order valence-electron chi connectivity index (χ3n) is 3.40. The highest BCUT2D eigenvalue weighted by Gasteiger charge is 2.16. The van der Waals surface area contributed by atoms with Crippen molar-refractivity contribution in [2.45, 2.75) is 0 Å². The maximum atomic E-state index is 13.9. The van der Waals surface area contributed by atoms with E-state index < -0.39 is 11.8 Å². The van der Waals surface area contributed by atoms with Crippen LogP contribution in [0.1, 0.15) is 0 Å². The van der Waals surface area contributed by atoms with E-state index in [9.17, 15) is 8.78 Å². The lowest BCUT2D eigenvalue weighted by Gasteiger charge is -2.06. The second kappa shape index (κ2) is 4.02. The monoisotopic (exact) mass is 285 g/mol. The molecule has 0 saturated heterocycles. The first kappa shape index (κ1) is 11.8. The van der Waals surface area contributed by atoms with Crippen molar-refractivity contribution in [1.82, 2.24) is 19.4 Å². The quantitative estimate of drug-likeness (QED) is 0.565. The third kappa shape index (κ3) is 1.60. The number of pyridine rings is 1. The number of halogens is 2. The van der Waals surface area contributed by atoms with Crippen LogP contribution in [0.15, 0.2) is 36.8 Å². The number of aromatic amines is 1. The van der Waals surface area contributed by atoms with Gasteiger partial charge >= 0.3 is 0 Å². The van der Waals surface area contributed by atoms with E-state index in [4.69, 9.17) is 5.73 Å². The number of H-pyrrole nitrogens is 1. The van der Waals surface area contributed by atoms with Gasteiger partial charge in [-0.2, -0.15) is 4.39 Å². The van der Waals surface area contributed by atoms with Gasteiger partial charge in [-0.25, -0.2) is 14.4 Å². The minimum absolute atomic E-state index is 0.215. The molecular formula is C14H9F2N5. The van der Waals surface area contributed by atoms with E-state index in [2.05, 4.69) is 15.0 Å². The van der Waals surface area contributed by atoms with Crippen LogP contribution in [0.4, 0.5) is 14.6 Å². The van der Waals surface area contributed by atoms with Crippen molar-refractivity contribution in [2.24, 2.45) is 0 Å². The van der Waals surface area contributed by atoms with Crippen LogP contribution >= 0.6 is 0 Å². The fourth-order valence-corrected chi connectivity index (χ4v) is 2.46. The summed E-state index contributed by atoms with van der Waals surface area (Å²) >= 11 is 0. The minimum atomic E-state index is -0.622. The van der Waals surface area contributed by atoms with Crippen molar-refractivity contribution in [3.63, 3.8) is 0 Å². The molecule has 0 unspecified atom stereocenters. The van der Waals surface area contributed by atoms with Gasteiger partial charge in [0.25, 0.3) is 0 Å². The van der Waals surface area contributed by atoms with E-state index in [1.165, 1.54) is 10.5 Å². The maximum Gasteiger partial charge on any atom is 0.240 e. The molecule has 0 amide bonds. The fourth-order valence-electron chi connectivity index (χ4n) is 2.46. The smallest absolute Gasteiger partial charge is 0.240 e. The number of anilines is 1. The molecule has 21 heavy (non-hydrogen) atoms. The zero-order valence-corrected chi connectivity index (χ0v) is 10.6. The summed E-state index contributed by atoms with van der Waals surface area (Å²) in [4.78, 5) is 11.0. The average molecular weight is 285 g/mol. The van der Waals surface area contributed by atoms with Crippen LogP contribution in [0.3, 0.4) is 0 Å². The maximum absolute atomic E-state index is 13.9. The Morgan fingerprint density at radius 2 is 2.14 bits per heavy atom. The summed E-state index contributed by atoms with van der Waals surface area (Å²) in [5.74, 6) is -1.29. The second-order valence-corrected chi connectivity index (χ2v) is 4.65. The molecule has 4 aromatic rings. The van der Waals surface area contributed by atoms with Crippen molar-refractivity contribution >= 4 is 22.4 Å². The van der Waals surface area contributed by atoms with Crippen LogP contribution in [0.5, 0.6) is 0 Å². The first-order chi connectivity index (χ1) is 10.1. The Bertz CT molecular complexity index is 986. The number of hydrogen-bond acceptors (Lipinski definition) is 3. The Balaban J connectivity index is 2.11. The lowest BCUT2D eigenvalue weighted by atomic mass is 10.1. The number of rotatable bonds is 1. The number of aromatic nitrogens is 4. The Kier molecular flexibility index (Phi) is 2.26. The van der Waals surface area contributed by atoms with E-state index in [1.807, 2.05) is 0 Å². The standard InChI is InChI=1S/C14H9F2N5/c15-7-4-8-9(6-19-14(8)18-5-7)11-10-2-1-3-21(10)12(16)13(17)20-11/h1-6H,17H2,(H,18,19). The number of nitrogen functional groups attached to an aromatic ring is 1. The van der Waals surface area contributed by atoms with Crippen LogP contribution in [0.25, 0.3) is 27.8 Å². The van der Waals surface area contributed by atoms with Crippen molar-refractivity contribution in [3.05, 3.63) is 48.6 Å². The van der Waals surface area contributed by atoms with Crippen LogP contribution in [0.2, 0.25) is 0 Å². The van der Waals surface area contributed by atoms with E-state index in [0.29, 0.717) is 27.8 Å². The van der Waals surface area contributed by atoms with Gasteiger partial charge < -0.3 is 10.7 Å². The first-order valence-corrected chi connectivity index (χ1v) is 6.20. The summed E-state index contributed by atoms with van der Waals surface area (Å²) in [6.45, 7) is 0. The zero-order valence-electron chi connectivity index (χ0n) is 10.6. The van der Waals surface area contributed by atoms with Crippen molar-refractivity contribution < 1.29 is 8.78 Å². The topological polar surface area (TPSA) is 72.0 Å². The fraction of sp³-hybridized carbons (Fsp3) is 0. The molecule has 0 radical (unpaired) electrons. The van der Waals surface area contributed by atoms with Crippen molar-refractivity contribution in [2.75, 3.05) is 5.73 Å². The molecule has 0 aliphatic heterocycles. The highest BCUT2D eigenvalue weighted by atomic mass is 19.1. The average Bonchev–Trinajstić information content (AvgIpc) is 3.09. The van der Waals surface area contributed by atoms with Gasteiger partial charge in [-0.1, -0.05) is 0 Å². The van der Waals surface area contributed by atoms with Gasteiger partial charge in [0.15, 0.2) is 5.82 Å². The molecule has 0 spiro atoms. The Labute approximate surface area is 117 Å². The molecule has 0 bridgehead atoms. The molecular weight excluding hydrogens is 276 g/mol. The molecule has 0 fully saturated rings. The highest BCUT2D eigenvalue weighted by molar-refractivity contribution is 5.96. The molecule has 3 N–H and O–H groups in total. The molecule has 0 aliphatic rings. The molecule has 0 saturated carbocycles. The minimum Gasteiger partial charge on any atom is -0.380 e. The molecule has 4 heterocycles. The van der Waals surface area contributed by atoms with Crippen LogP contribution in [-0.2, 0) is 0 Å². The van der Waals surface area contributed by atoms with Crippen LogP contribution in [-0.4, -0.2) is 19.4 Å². The molecule has 0 aromatic carbocycles. The molecule has 0 atom stereocenters. The second-order valence-electron chi connectivity index (χ2n) is 4.65. The molecule has 7 heteroatoms. The predicted molar refractivity (Wildman–Crippen MR) is 74.6 cm³/mol. The zero-order chi connectivity index (χ0) is 14.6. The molecule has 0 aliphatic carbocycles. The molecule has 5 nitrogen and oxygen atoms in total. The summed E-state index contributed by atoms with van der Waals surface area (Å²) in [5.41, 5.74) is 7.78. The summed E-state index contributed by atoms with van der Waals surface area (Å²) in [7, 11) is 0. The van der Waals surface area contributed by atoms with Crippen LogP contribution in [0, 0.1) is 11.8 Å². The number of fused-ring (bicyclic) bond motifs is 2. The van der Waals surface area contributed by atoms with Crippen LogP contribution < -0.4 is 5.73 Å². The number of nitrogens with one attached hydrogen (secondary N) is 1. The van der Waals surface area contributed by atoms with Gasteiger partial charge in [0.05, 0.1) is 17.4 Å². The summed E-state index contributed by atoms with van der Waals surface area (Å²) in [6, 6.07) is 4.77. The first-order valence-electron chi connectivity index (χ1n) is 6.20. The number of nitrogens with two attached hydrogens (primary N) is 1. The molecule has 4 aromatic heterocycles. The van der Waals surface area contributed by atoms with Gasteiger partial charge in [0, 0.05) is 23.3 Å². The van der Waals surface area contributed by atoms with E-state index >= 15 is 0 Å². The van der Waals surface area contributed by atoms with Gasteiger partial charge in [-0.3, -0.25) is 4.40 Å². The van der Waals surface area contributed by atoms with E-state index in [1.54, 1.807) is 24.5 Å². The summed E-state index contributed by atoms with van der Waals surface area (Å²) < 4.78 is 28.7. The molecule has 4 rings (SSSR count). The number of hydrogen-bond donors (Lipinski definition) is 2. The van der Waals surface area contributed by atoms with Crippen molar-refractivity contribution in [1.29, 1.82) is 0 Å². The Morgan fingerprint density at radius 1 is 1.29 bits per heavy atom. The lowest BCUT2D eigenvalue weighted by Crippen LogP contribution is -2.03. The Hall–Kier alpha value is -2.96. The summed E-state index contributed by atoms with van der Waals surface area (Å²) in [6.07, 6.45) is 4.34. The van der Waals surface area contributed by atoms with Gasteiger partial charge in [0.1, 0.15) is 11.5 Å².